The van der Waals surface area contributed by atoms with Crippen LogP contribution in [-0.4, -0.2) is 79.0 Å². The van der Waals surface area contributed by atoms with Crippen molar-refractivity contribution >= 4 is 11.9 Å². The Labute approximate surface area is 192 Å². The van der Waals surface area contributed by atoms with Crippen molar-refractivity contribution in [2.75, 3.05) is 46.3 Å². The molecule has 3 amide bonds. The van der Waals surface area contributed by atoms with Gasteiger partial charge in [0, 0.05) is 51.7 Å². The minimum Gasteiger partial charge on any atom is -0.340 e. The molecule has 4 aliphatic rings. The summed E-state index contributed by atoms with van der Waals surface area (Å²) in [6.07, 6.45) is 8.39. The van der Waals surface area contributed by atoms with Crippen molar-refractivity contribution in [3.05, 3.63) is 35.4 Å². The van der Waals surface area contributed by atoms with Gasteiger partial charge < -0.3 is 20.0 Å². The van der Waals surface area contributed by atoms with Gasteiger partial charge in [0.05, 0.1) is 0 Å². The number of nitrogens with one attached hydrogen (secondary N) is 1. The molecule has 0 aromatic heterocycles. The van der Waals surface area contributed by atoms with Gasteiger partial charge in [0.1, 0.15) is 0 Å². The van der Waals surface area contributed by atoms with E-state index in [1.807, 2.05) is 4.90 Å². The third-order valence-electron chi connectivity index (χ3n) is 8.58. The van der Waals surface area contributed by atoms with Crippen LogP contribution in [0.15, 0.2) is 24.3 Å². The van der Waals surface area contributed by atoms with E-state index in [1.54, 1.807) is 0 Å². The van der Waals surface area contributed by atoms with Crippen LogP contribution >= 0.6 is 0 Å². The lowest BCUT2D eigenvalue weighted by atomic mass is 9.73. The largest absolute Gasteiger partial charge is 0.340 e. The third-order valence-corrected chi connectivity index (χ3v) is 8.58. The molecule has 3 fully saturated rings. The highest BCUT2D eigenvalue weighted by molar-refractivity contribution is 5.78. The number of hydrogen-bond donors (Lipinski definition) is 1. The highest BCUT2D eigenvalue weighted by Crippen LogP contribution is 2.52. The Bertz CT molecular complexity index is 834. The molecule has 1 N–H and O–H groups in total. The summed E-state index contributed by atoms with van der Waals surface area (Å²) in [6.45, 7) is 5.25. The average Bonchev–Trinajstić information content (AvgIpc) is 3.42. The third kappa shape index (κ3) is 4.26. The SMILES string of the molecule is CN1CCN(C(=O)CC2CC3(CCN(C(=O)NC4CCCC4)CC3)c3ccccc32)CC1. The van der Waals surface area contributed by atoms with Crippen molar-refractivity contribution in [3.63, 3.8) is 0 Å². The highest BCUT2D eigenvalue weighted by Gasteiger charge is 2.46. The van der Waals surface area contributed by atoms with Crippen LogP contribution in [-0.2, 0) is 10.2 Å². The van der Waals surface area contributed by atoms with E-state index < -0.39 is 0 Å². The Morgan fingerprint density at radius 2 is 1.66 bits per heavy atom. The van der Waals surface area contributed by atoms with Crippen molar-refractivity contribution in [1.29, 1.82) is 0 Å². The summed E-state index contributed by atoms with van der Waals surface area (Å²) in [6, 6.07) is 9.28. The quantitative estimate of drug-likeness (QED) is 0.788. The van der Waals surface area contributed by atoms with Gasteiger partial charge in [0.25, 0.3) is 0 Å². The number of fused-ring (bicyclic) bond motifs is 2. The van der Waals surface area contributed by atoms with E-state index >= 15 is 0 Å². The van der Waals surface area contributed by atoms with Gasteiger partial charge >= 0.3 is 6.03 Å². The Morgan fingerprint density at radius 3 is 2.38 bits per heavy atom. The minimum atomic E-state index is 0.119. The van der Waals surface area contributed by atoms with E-state index in [1.165, 1.54) is 24.0 Å². The van der Waals surface area contributed by atoms with E-state index in [0.717, 1.165) is 71.4 Å². The number of likely N-dealkylation sites (N-methyl/N-ethyl adjacent to an activating group) is 1. The fourth-order valence-electron chi connectivity index (χ4n) is 6.55. The normalized spacial score (nSPS) is 25.8. The topological polar surface area (TPSA) is 55.9 Å². The van der Waals surface area contributed by atoms with Crippen LogP contribution in [0.5, 0.6) is 0 Å². The van der Waals surface area contributed by atoms with Gasteiger partial charge in [0.15, 0.2) is 0 Å². The smallest absolute Gasteiger partial charge is 0.317 e. The van der Waals surface area contributed by atoms with Crippen molar-refractivity contribution in [1.82, 2.24) is 20.0 Å². The number of hydrogen-bond acceptors (Lipinski definition) is 3. The summed E-state index contributed by atoms with van der Waals surface area (Å²) in [5.41, 5.74) is 2.93. The Hall–Kier alpha value is -2.08. The first-order valence-corrected chi connectivity index (χ1v) is 12.7. The summed E-state index contributed by atoms with van der Waals surface area (Å²) in [5.74, 6) is 0.612. The zero-order chi connectivity index (χ0) is 22.1. The van der Waals surface area contributed by atoms with E-state index in [4.69, 9.17) is 0 Å². The molecule has 32 heavy (non-hydrogen) atoms. The Balaban J connectivity index is 1.23. The molecule has 2 heterocycles. The highest BCUT2D eigenvalue weighted by atomic mass is 16.2. The molecular weight excluding hydrogens is 400 g/mol. The van der Waals surface area contributed by atoms with Crippen LogP contribution in [0.25, 0.3) is 0 Å². The molecule has 0 radical (unpaired) electrons. The summed E-state index contributed by atoms with van der Waals surface area (Å²) < 4.78 is 0. The molecule has 1 atom stereocenters. The molecule has 1 spiro atoms. The maximum atomic E-state index is 13.1. The number of benzene rings is 1. The van der Waals surface area contributed by atoms with Gasteiger partial charge in [-0.1, -0.05) is 37.1 Å². The number of piperidine rings is 1. The van der Waals surface area contributed by atoms with E-state index in [-0.39, 0.29) is 11.4 Å². The van der Waals surface area contributed by atoms with Gasteiger partial charge in [-0.05, 0) is 61.6 Å². The molecule has 1 unspecified atom stereocenters. The minimum absolute atomic E-state index is 0.119. The van der Waals surface area contributed by atoms with Gasteiger partial charge in [-0.2, -0.15) is 0 Å². The standard InChI is InChI=1S/C26H38N4O2/c1-28-14-16-29(17-15-28)24(31)18-20-19-26(23-9-5-4-8-22(20)23)10-12-30(13-11-26)25(32)27-21-6-2-3-7-21/h4-5,8-9,20-21H,2-3,6-7,10-19H2,1H3,(H,27,32). The number of carbonyl (C=O) groups is 2. The molecular formula is C26H38N4O2. The second kappa shape index (κ2) is 9.05. The van der Waals surface area contributed by atoms with Crippen LogP contribution in [0.2, 0.25) is 0 Å². The first-order chi connectivity index (χ1) is 15.5. The predicted molar refractivity (Wildman–Crippen MR) is 126 cm³/mol. The van der Waals surface area contributed by atoms with E-state index in [0.29, 0.717) is 24.3 Å². The molecule has 6 nitrogen and oxygen atoms in total. The zero-order valence-electron chi connectivity index (χ0n) is 19.5. The van der Waals surface area contributed by atoms with Gasteiger partial charge in [0.2, 0.25) is 5.91 Å². The van der Waals surface area contributed by atoms with Crippen LogP contribution in [0.3, 0.4) is 0 Å². The molecule has 2 aliphatic heterocycles. The monoisotopic (exact) mass is 438 g/mol. The first-order valence-electron chi connectivity index (χ1n) is 12.7. The van der Waals surface area contributed by atoms with Crippen LogP contribution < -0.4 is 5.32 Å². The summed E-state index contributed by atoms with van der Waals surface area (Å²) in [5, 5.41) is 3.25. The second-order valence-electron chi connectivity index (χ2n) is 10.6. The molecule has 1 aromatic carbocycles. The lowest BCUT2D eigenvalue weighted by molar-refractivity contribution is -0.133. The lowest BCUT2D eigenvalue weighted by Crippen LogP contribution is -2.50. The van der Waals surface area contributed by atoms with Crippen molar-refractivity contribution in [2.45, 2.75) is 68.7 Å². The van der Waals surface area contributed by atoms with Crippen molar-refractivity contribution in [3.8, 4) is 0 Å². The maximum absolute atomic E-state index is 13.1. The number of rotatable bonds is 3. The van der Waals surface area contributed by atoms with E-state index in [2.05, 4.69) is 46.4 Å². The van der Waals surface area contributed by atoms with E-state index in [9.17, 15) is 9.59 Å². The average molecular weight is 439 g/mol. The molecule has 174 valence electrons. The number of nitrogens with zero attached hydrogens (tertiary/aromatic N) is 3. The molecule has 2 aliphatic carbocycles. The summed E-state index contributed by atoms with van der Waals surface area (Å²) >= 11 is 0. The van der Waals surface area contributed by atoms with Gasteiger partial charge in [-0.25, -0.2) is 4.79 Å². The summed E-state index contributed by atoms with van der Waals surface area (Å²) in [4.78, 5) is 32.2. The predicted octanol–water partition coefficient (Wildman–Crippen LogP) is 3.32. The fourth-order valence-corrected chi connectivity index (χ4v) is 6.55. The van der Waals surface area contributed by atoms with Crippen molar-refractivity contribution < 1.29 is 9.59 Å². The van der Waals surface area contributed by atoms with Crippen LogP contribution in [0, 0.1) is 0 Å². The Morgan fingerprint density at radius 1 is 0.969 bits per heavy atom. The number of likely N-dealkylation sites (tertiary alicyclic amines) is 1. The number of carbonyl (C=O) groups excluding carboxylic acids is 2. The maximum Gasteiger partial charge on any atom is 0.317 e. The number of piperazine rings is 1. The van der Waals surface area contributed by atoms with Crippen LogP contribution in [0.4, 0.5) is 4.79 Å². The molecule has 6 heteroatoms. The molecule has 0 bridgehead atoms. The summed E-state index contributed by atoms with van der Waals surface area (Å²) in [7, 11) is 2.12. The van der Waals surface area contributed by atoms with Crippen molar-refractivity contribution in [2.24, 2.45) is 0 Å². The number of urea groups is 1. The molecule has 5 rings (SSSR count). The van der Waals surface area contributed by atoms with Gasteiger partial charge in [-0.3, -0.25) is 4.79 Å². The number of amides is 3. The molecule has 1 saturated carbocycles. The Kier molecular flexibility index (Phi) is 6.15. The van der Waals surface area contributed by atoms with Gasteiger partial charge in [-0.15, -0.1) is 0 Å². The zero-order valence-corrected chi connectivity index (χ0v) is 19.5. The lowest BCUT2D eigenvalue weighted by Gasteiger charge is -2.40. The fraction of sp³-hybridized carbons (Fsp3) is 0.692. The molecule has 1 aromatic rings. The van der Waals surface area contributed by atoms with Crippen LogP contribution in [0.1, 0.15) is 68.4 Å². The first kappa shape index (κ1) is 21.7. The second-order valence-corrected chi connectivity index (χ2v) is 10.6. The molecule has 2 saturated heterocycles.